The zero-order valence-electron chi connectivity index (χ0n) is 11.0. The van der Waals surface area contributed by atoms with Gasteiger partial charge in [0.25, 0.3) is 0 Å². The molecule has 0 nitrogen and oxygen atoms in total. The van der Waals surface area contributed by atoms with E-state index in [0.29, 0.717) is 0 Å². The fourth-order valence-corrected chi connectivity index (χ4v) is 2.49. The van der Waals surface area contributed by atoms with Crippen molar-refractivity contribution >= 4 is 0 Å². The van der Waals surface area contributed by atoms with Crippen LogP contribution in [0.15, 0.2) is 0 Å². The quantitative estimate of drug-likeness (QED) is 0.498. The molecule has 86 valence electrons. The maximum Gasteiger partial charge on any atom is -0.0386 e. The predicted octanol–water partition coefficient (Wildman–Crippen LogP) is 5.28. The average Bonchev–Trinajstić information content (AvgIpc) is 2.15. The van der Waals surface area contributed by atoms with E-state index >= 15 is 0 Å². The summed E-state index contributed by atoms with van der Waals surface area (Å²) >= 11 is 0. The van der Waals surface area contributed by atoms with Crippen molar-refractivity contribution in [3.05, 3.63) is 0 Å². The predicted molar refractivity (Wildman–Crippen MR) is 66.5 cm³/mol. The summed E-state index contributed by atoms with van der Waals surface area (Å²) < 4.78 is 0. The summed E-state index contributed by atoms with van der Waals surface area (Å²) in [5.74, 6) is 2.86. The molecular weight excluding hydrogens is 168 g/mol. The van der Waals surface area contributed by atoms with Gasteiger partial charge in [0.05, 0.1) is 0 Å². The van der Waals surface area contributed by atoms with E-state index in [-0.39, 0.29) is 0 Å². The third-order valence-electron chi connectivity index (χ3n) is 3.49. The summed E-state index contributed by atoms with van der Waals surface area (Å²) in [7, 11) is 0. The Labute approximate surface area is 91.5 Å². The molecule has 1 unspecified atom stereocenters. The highest BCUT2D eigenvalue weighted by atomic mass is 14.2. The van der Waals surface area contributed by atoms with Crippen LogP contribution in [0.3, 0.4) is 0 Å². The van der Waals surface area contributed by atoms with E-state index in [1.807, 2.05) is 0 Å². The maximum absolute atomic E-state index is 2.35. The molecule has 0 heteroatoms. The summed E-state index contributed by atoms with van der Waals surface area (Å²) in [4.78, 5) is 0. The molecule has 0 aromatic rings. The Morgan fingerprint density at radius 2 is 1.29 bits per heavy atom. The van der Waals surface area contributed by atoms with Crippen molar-refractivity contribution in [1.82, 2.24) is 0 Å². The van der Waals surface area contributed by atoms with Crippen molar-refractivity contribution in [2.45, 2.75) is 73.1 Å². The lowest BCUT2D eigenvalue weighted by atomic mass is 9.80. The normalized spacial score (nSPS) is 13.9. The maximum atomic E-state index is 2.35. The Kier molecular flexibility index (Phi) is 8.32. The molecule has 0 aromatic carbocycles. The van der Waals surface area contributed by atoms with E-state index in [1.165, 1.54) is 38.5 Å². The molecule has 0 fully saturated rings. The Morgan fingerprint density at radius 1 is 0.714 bits per heavy atom. The minimum absolute atomic E-state index is 0.878. The van der Waals surface area contributed by atoms with E-state index < -0.39 is 0 Å². The van der Waals surface area contributed by atoms with Gasteiger partial charge < -0.3 is 0 Å². The molecule has 0 N–H and O–H groups in total. The van der Waals surface area contributed by atoms with Crippen molar-refractivity contribution in [3.63, 3.8) is 0 Å². The van der Waals surface area contributed by atoms with Gasteiger partial charge in [0.1, 0.15) is 0 Å². The molecule has 0 bridgehead atoms. The second-order valence-electron chi connectivity index (χ2n) is 5.10. The van der Waals surface area contributed by atoms with Crippen LogP contribution in [-0.4, -0.2) is 0 Å². The van der Waals surface area contributed by atoms with Crippen LogP contribution in [-0.2, 0) is 0 Å². The Balaban J connectivity index is 3.98. The van der Waals surface area contributed by atoms with Gasteiger partial charge in [0.15, 0.2) is 0 Å². The minimum Gasteiger partial charge on any atom is -0.0654 e. The first-order valence-electron chi connectivity index (χ1n) is 6.65. The summed E-state index contributed by atoms with van der Waals surface area (Å²) in [6.07, 6.45) is 8.43. The van der Waals surface area contributed by atoms with Crippen molar-refractivity contribution in [2.75, 3.05) is 0 Å². The van der Waals surface area contributed by atoms with Crippen LogP contribution in [0.2, 0.25) is 0 Å². The van der Waals surface area contributed by atoms with Crippen molar-refractivity contribution in [2.24, 2.45) is 17.8 Å². The van der Waals surface area contributed by atoms with E-state index in [9.17, 15) is 0 Å². The average molecular weight is 198 g/mol. The fraction of sp³-hybridized carbons (Fsp3) is 1.00. The number of hydrogen-bond donors (Lipinski definition) is 0. The molecule has 0 saturated heterocycles. The lowest BCUT2D eigenvalue weighted by Gasteiger charge is -2.25. The monoisotopic (exact) mass is 198 g/mol. The van der Waals surface area contributed by atoms with Gasteiger partial charge in [-0.1, -0.05) is 66.7 Å². The smallest absolute Gasteiger partial charge is 0.0386 e. The summed E-state index contributed by atoms with van der Waals surface area (Å²) in [6.45, 7) is 11.7. The molecule has 0 aliphatic rings. The lowest BCUT2D eigenvalue weighted by molar-refractivity contribution is 0.260. The highest BCUT2D eigenvalue weighted by molar-refractivity contribution is 4.68. The van der Waals surface area contributed by atoms with Crippen molar-refractivity contribution < 1.29 is 0 Å². The number of rotatable bonds is 8. The fourth-order valence-electron chi connectivity index (χ4n) is 2.49. The van der Waals surface area contributed by atoms with Crippen molar-refractivity contribution in [3.8, 4) is 0 Å². The Morgan fingerprint density at radius 3 is 1.64 bits per heavy atom. The zero-order chi connectivity index (χ0) is 11.0. The molecule has 0 aromatic heterocycles. The topological polar surface area (TPSA) is 0 Å². The molecule has 0 aliphatic carbocycles. The first kappa shape index (κ1) is 14.0. The molecule has 0 amide bonds. The molecule has 0 spiro atoms. The van der Waals surface area contributed by atoms with Gasteiger partial charge in [0.2, 0.25) is 0 Å². The van der Waals surface area contributed by atoms with Gasteiger partial charge in [0, 0.05) is 0 Å². The molecule has 1 atom stereocenters. The first-order valence-corrected chi connectivity index (χ1v) is 6.65. The lowest BCUT2D eigenvalue weighted by Crippen LogP contribution is -2.14. The van der Waals surface area contributed by atoms with Crippen LogP contribution in [0.5, 0.6) is 0 Å². The molecular formula is C14H30. The third kappa shape index (κ3) is 5.67. The van der Waals surface area contributed by atoms with E-state index in [2.05, 4.69) is 34.6 Å². The van der Waals surface area contributed by atoms with Gasteiger partial charge in [-0.25, -0.2) is 0 Å². The van der Waals surface area contributed by atoms with Gasteiger partial charge in [-0.15, -0.1) is 0 Å². The molecule has 0 saturated carbocycles. The zero-order valence-corrected chi connectivity index (χ0v) is 11.0. The van der Waals surface area contributed by atoms with Gasteiger partial charge in [-0.05, 0) is 24.2 Å². The van der Waals surface area contributed by atoms with Crippen LogP contribution < -0.4 is 0 Å². The van der Waals surface area contributed by atoms with Crippen LogP contribution in [0.1, 0.15) is 73.1 Å². The van der Waals surface area contributed by atoms with Gasteiger partial charge in [-0.2, -0.15) is 0 Å². The second-order valence-corrected chi connectivity index (χ2v) is 5.10. The second kappa shape index (κ2) is 8.32. The molecule has 0 heterocycles. The van der Waals surface area contributed by atoms with E-state index in [1.54, 1.807) is 0 Å². The highest BCUT2D eigenvalue weighted by Crippen LogP contribution is 2.29. The molecule has 14 heavy (non-hydrogen) atoms. The van der Waals surface area contributed by atoms with E-state index in [4.69, 9.17) is 0 Å². The van der Waals surface area contributed by atoms with Crippen molar-refractivity contribution in [1.29, 1.82) is 0 Å². The van der Waals surface area contributed by atoms with Crippen LogP contribution >= 0.6 is 0 Å². The van der Waals surface area contributed by atoms with Crippen LogP contribution in [0.25, 0.3) is 0 Å². The Hall–Kier alpha value is 0. The summed E-state index contributed by atoms with van der Waals surface area (Å²) in [5, 5.41) is 0. The largest absolute Gasteiger partial charge is 0.0654 e. The van der Waals surface area contributed by atoms with Gasteiger partial charge >= 0.3 is 0 Å². The molecule has 0 radical (unpaired) electrons. The third-order valence-corrected chi connectivity index (χ3v) is 3.49. The van der Waals surface area contributed by atoms with E-state index in [0.717, 1.165) is 17.8 Å². The Bertz CT molecular complexity index is 111. The molecule has 0 aliphatic heterocycles. The first-order chi connectivity index (χ1) is 6.65. The van der Waals surface area contributed by atoms with Gasteiger partial charge in [-0.3, -0.25) is 0 Å². The van der Waals surface area contributed by atoms with Crippen LogP contribution in [0, 0.1) is 17.8 Å². The molecule has 0 rings (SSSR count). The number of hydrogen-bond acceptors (Lipinski definition) is 0. The minimum atomic E-state index is 0.878. The van der Waals surface area contributed by atoms with Crippen LogP contribution in [0.4, 0.5) is 0 Å². The highest BCUT2D eigenvalue weighted by Gasteiger charge is 2.17. The standard InChI is InChI=1S/C14H30/c1-6-9-14(11-10-12(4)5)13(7-2)8-3/h12-14H,6-11H2,1-5H3. The summed E-state index contributed by atoms with van der Waals surface area (Å²) in [5.41, 5.74) is 0. The summed E-state index contributed by atoms with van der Waals surface area (Å²) in [6, 6.07) is 0. The SMILES string of the molecule is CCCC(CCC(C)C)C(CC)CC.